The van der Waals surface area contributed by atoms with Gasteiger partial charge in [-0.3, -0.25) is 10.1 Å². The number of rotatable bonds is 6. The van der Waals surface area contributed by atoms with Gasteiger partial charge in [0.25, 0.3) is 5.91 Å². The second-order valence-corrected chi connectivity index (χ2v) is 8.63. The van der Waals surface area contributed by atoms with E-state index in [0.29, 0.717) is 24.1 Å². The minimum atomic E-state index is -0.248. The van der Waals surface area contributed by atoms with Gasteiger partial charge >= 0.3 is 0 Å². The topological polar surface area (TPSA) is 53.6 Å². The summed E-state index contributed by atoms with van der Waals surface area (Å²) in [5.74, 6) is 0.958. The molecule has 1 fully saturated rings. The molecule has 1 saturated heterocycles. The Morgan fingerprint density at radius 3 is 2.47 bits per heavy atom. The van der Waals surface area contributed by atoms with Gasteiger partial charge in [-0.05, 0) is 92.9 Å². The molecule has 0 aliphatic carbocycles. The second-order valence-electron chi connectivity index (χ2n) is 8.22. The number of benzene rings is 2. The van der Waals surface area contributed by atoms with Crippen LogP contribution in [0, 0.1) is 5.92 Å². The molecule has 160 valence electrons. The van der Waals surface area contributed by atoms with Crippen LogP contribution in [0.3, 0.4) is 0 Å². The van der Waals surface area contributed by atoms with Gasteiger partial charge in [-0.2, -0.15) is 0 Å². The van der Waals surface area contributed by atoms with E-state index < -0.39 is 0 Å². The van der Waals surface area contributed by atoms with Crippen LogP contribution in [0.5, 0.6) is 5.75 Å². The van der Waals surface area contributed by atoms with Crippen molar-refractivity contribution in [2.75, 3.05) is 23.4 Å². The molecule has 0 spiro atoms. The van der Waals surface area contributed by atoms with E-state index in [1.54, 1.807) is 24.3 Å². The van der Waals surface area contributed by atoms with E-state index in [1.165, 1.54) is 24.9 Å². The summed E-state index contributed by atoms with van der Waals surface area (Å²) in [6.07, 6.45) is 3.78. The van der Waals surface area contributed by atoms with Gasteiger partial charge in [-0.15, -0.1) is 0 Å². The van der Waals surface area contributed by atoms with Gasteiger partial charge in [-0.25, -0.2) is 0 Å². The number of amides is 1. The Hall–Kier alpha value is -2.60. The maximum absolute atomic E-state index is 12.4. The van der Waals surface area contributed by atoms with Crippen LogP contribution in [0.25, 0.3) is 0 Å². The van der Waals surface area contributed by atoms with Crippen molar-refractivity contribution >= 4 is 34.6 Å². The number of piperidine rings is 1. The lowest BCUT2D eigenvalue weighted by Crippen LogP contribution is -2.37. The molecule has 1 heterocycles. The Balaban J connectivity index is 1.51. The van der Waals surface area contributed by atoms with Crippen LogP contribution in [0.2, 0.25) is 0 Å². The zero-order valence-electron chi connectivity index (χ0n) is 18.0. The summed E-state index contributed by atoms with van der Waals surface area (Å²) in [4.78, 5) is 14.9. The zero-order valence-corrected chi connectivity index (χ0v) is 18.8. The molecule has 0 unspecified atom stereocenters. The fraction of sp³-hybridized carbons (Fsp3) is 0.417. The first-order chi connectivity index (χ1) is 14.4. The maximum atomic E-state index is 12.4. The van der Waals surface area contributed by atoms with Crippen LogP contribution in [-0.2, 0) is 0 Å². The number of thiocarbonyl (C=S) groups is 1. The van der Waals surface area contributed by atoms with Gasteiger partial charge in [0.2, 0.25) is 0 Å². The minimum Gasteiger partial charge on any atom is -0.493 e. The van der Waals surface area contributed by atoms with Gasteiger partial charge in [0.15, 0.2) is 5.11 Å². The van der Waals surface area contributed by atoms with Crippen molar-refractivity contribution < 1.29 is 9.53 Å². The lowest BCUT2D eigenvalue weighted by Gasteiger charge is -2.35. The molecule has 6 heteroatoms. The first-order valence-corrected chi connectivity index (χ1v) is 11.0. The van der Waals surface area contributed by atoms with Gasteiger partial charge < -0.3 is 15.0 Å². The molecule has 0 saturated carbocycles. The predicted octanol–water partition coefficient (Wildman–Crippen LogP) is 5.23. The Morgan fingerprint density at radius 1 is 1.13 bits per heavy atom. The summed E-state index contributed by atoms with van der Waals surface area (Å²) in [6.45, 7) is 8.21. The van der Waals surface area contributed by atoms with Crippen molar-refractivity contribution in [3.63, 3.8) is 0 Å². The smallest absolute Gasteiger partial charge is 0.257 e. The van der Waals surface area contributed by atoms with Crippen LogP contribution in [0.4, 0.5) is 11.4 Å². The first kappa shape index (κ1) is 22.1. The third-order valence-electron chi connectivity index (χ3n) is 5.19. The predicted molar refractivity (Wildman–Crippen MR) is 128 cm³/mol. The Bertz CT molecular complexity index is 850. The molecule has 0 aromatic heterocycles. The summed E-state index contributed by atoms with van der Waals surface area (Å²) < 4.78 is 5.65. The average molecular weight is 426 g/mol. The largest absolute Gasteiger partial charge is 0.493 e. The number of nitrogens with zero attached hydrogens (tertiary/aromatic N) is 1. The quantitative estimate of drug-likeness (QED) is 0.621. The lowest BCUT2D eigenvalue weighted by atomic mass is 10.0. The molecule has 1 atom stereocenters. The number of nitrogens with one attached hydrogen (secondary N) is 2. The van der Waals surface area contributed by atoms with E-state index in [2.05, 4.69) is 48.4 Å². The Labute approximate surface area is 184 Å². The molecule has 2 N–H and O–H groups in total. The molecular formula is C24H31N3O2S. The van der Waals surface area contributed by atoms with E-state index in [-0.39, 0.29) is 11.0 Å². The van der Waals surface area contributed by atoms with Crippen molar-refractivity contribution in [2.45, 2.75) is 46.1 Å². The number of anilines is 2. The van der Waals surface area contributed by atoms with Crippen molar-refractivity contribution in [3.05, 3.63) is 54.1 Å². The highest BCUT2D eigenvalue weighted by Gasteiger charge is 2.18. The van der Waals surface area contributed by atoms with Crippen molar-refractivity contribution in [1.29, 1.82) is 0 Å². The number of hydrogen-bond donors (Lipinski definition) is 2. The normalized spacial score (nSPS) is 16.3. The summed E-state index contributed by atoms with van der Waals surface area (Å²) in [5, 5.41) is 6.09. The zero-order chi connectivity index (χ0) is 21.5. The lowest BCUT2D eigenvalue weighted by molar-refractivity contribution is 0.0977. The standard InChI is InChI=1S/C24H31N3O2S/c1-17(2)16-29-22-13-7-19(8-14-22)23(28)26-24(30)25-20-9-11-21(12-10-20)27-15-5-4-6-18(27)3/h7-14,17-18H,4-6,15-16H2,1-3H3,(H2,25,26,28,30)/t18-/m0/s1. The van der Waals surface area contributed by atoms with Gasteiger partial charge in [-0.1, -0.05) is 13.8 Å². The molecule has 2 aromatic rings. The van der Waals surface area contributed by atoms with E-state index >= 15 is 0 Å². The molecular weight excluding hydrogens is 394 g/mol. The Kier molecular flexibility index (Phi) is 7.69. The number of ether oxygens (including phenoxy) is 1. The number of carbonyl (C=O) groups excluding carboxylic acids is 1. The van der Waals surface area contributed by atoms with Gasteiger partial charge in [0, 0.05) is 29.5 Å². The van der Waals surface area contributed by atoms with Crippen LogP contribution in [-0.4, -0.2) is 30.2 Å². The fourth-order valence-corrected chi connectivity index (χ4v) is 3.73. The Morgan fingerprint density at radius 2 is 1.83 bits per heavy atom. The highest BCUT2D eigenvalue weighted by molar-refractivity contribution is 7.80. The molecule has 5 nitrogen and oxygen atoms in total. The van der Waals surface area contributed by atoms with E-state index in [1.807, 2.05) is 12.1 Å². The molecule has 1 amide bonds. The van der Waals surface area contributed by atoms with Crippen LogP contribution < -0.4 is 20.3 Å². The third kappa shape index (κ3) is 6.20. The molecule has 0 radical (unpaired) electrons. The minimum absolute atomic E-state index is 0.248. The molecule has 30 heavy (non-hydrogen) atoms. The van der Waals surface area contributed by atoms with Crippen molar-refractivity contribution in [1.82, 2.24) is 5.32 Å². The molecule has 1 aliphatic rings. The highest BCUT2D eigenvalue weighted by atomic mass is 32.1. The monoisotopic (exact) mass is 425 g/mol. The van der Waals surface area contributed by atoms with E-state index in [4.69, 9.17) is 17.0 Å². The van der Waals surface area contributed by atoms with E-state index in [0.717, 1.165) is 18.0 Å². The van der Waals surface area contributed by atoms with Crippen LogP contribution >= 0.6 is 12.2 Å². The van der Waals surface area contributed by atoms with Gasteiger partial charge in [0.1, 0.15) is 5.75 Å². The van der Waals surface area contributed by atoms with Crippen molar-refractivity contribution in [3.8, 4) is 5.75 Å². The first-order valence-electron chi connectivity index (χ1n) is 10.6. The number of hydrogen-bond acceptors (Lipinski definition) is 4. The fourth-order valence-electron chi connectivity index (χ4n) is 3.52. The van der Waals surface area contributed by atoms with E-state index in [9.17, 15) is 4.79 Å². The highest BCUT2D eigenvalue weighted by Crippen LogP contribution is 2.25. The molecule has 3 rings (SSSR count). The van der Waals surface area contributed by atoms with Gasteiger partial charge in [0.05, 0.1) is 6.61 Å². The summed E-state index contributed by atoms with van der Waals surface area (Å²) >= 11 is 5.31. The maximum Gasteiger partial charge on any atom is 0.257 e. The third-order valence-corrected chi connectivity index (χ3v) is 5.39. The van der Waals surface area contributed by atoms with Crippen LogP contribution in [0.15, 0.2) is 48.5 Å². The van der Waals surface area contributed by atoms with Crippen LogP contribution in [0.1, 0.15) is 50.4 Å². The molecule has 1 aliphatic heterocycles. The average Bonchev–Trinajstić information content (AvgIpc) is 2.73. The van der Waals surface area contributed by atoms with Crippen molar-refractivity contribution in [2.24, 2.45) is 5.92 Å². The molecule has 2 aromatic carbocycles. The number of carbonyl (C=O) groups is 1. The SMILES string of the molecule is CC(C)COc1ccc(C(=O)NC(=S)Nc2ccc(N3CCCC[C@@H]3C)cc2)cc1. The molecule has 0 bridgehead atoms. The summed E-state index contributed by atoms with van der Waals surface area (Å²) in [6, 6.07) is 15.8. The second kappa shape index (κ2) is 10.4. The summed E-state index contributed by atoms with van der Waals surface area (Å²) in [5.41, 5.74) is 2.61. The summed E-state index contributed by atoms with van der Waals surface area (Å²) in [7, 11) is 0.